The number of benzene rings is 1. The first kappa shape index (κ1) is 14.4. The highest BCUT2D eigenvalue weighted by atomic mass is 16.5. The number of morpholine rings is 1. The lowest BCUT2D eigenvalue weighted by molar-refractivity contribution is -0.00264. The van der Waals surface area contributed by atoms with Crippen LogP contribution >= 0.6 is 0 Å². The van der Waals surface area contributed by atoms with E-state index in [9.17, 15) is 0 Å². The van der Waals surface area contributed by atoms with Gasteiger partial charge in [0.2, 0.25) is 0 Å². The number of ether oxygens (including phenoxy) is 2. The molecule has 1 aromatic rings. The number of para-hydroxylation sites is 1. The first-order chi connectivity index (χ1) is 9.20. The van der Waals surface area contributed by atoms with Crippen LogP contribution in [-0.4, -0.2) is 25.8 Å². The Labute approximate surface area is 116 Å². The van der Waals surface area contributed by atoms with Gasteiger partial charge in [0.1, 0.15) is 5.75 Å². The number of nitrogens with one attached hydrogen (secondary N) is 1. The summed E-state index contributed by atoms with van der Waals surface area (Å²) in [6.45, 7) is 8.84. The summed E-state index contributed by atoms with van der Waals surface area (Å²) >= 11 is 0. The fourth-order valence-electron chi connectivity index (χ4n) is 2.58. The normalized spacial score (nSPS) is 23.6. The highest BCUT2D eigenvalue weighted by Crippen LogP contribution is 2.29. The second-order valence-electron chi connectivity index (χ2n) is 5.53. The third kappa shape index (κ3) is 3.95. The van der Waals surface area contributed by atoms with Crippen LogP contribution in [0, 0.1) is 5.92 Å². The molecule has 0 aromatic heterocycles. The van der Waals surface area contributed by atoms with Gasteiger partial charge in [-0.1, -0.05) is 32.0 Å². The highest BCUT2D eigenvalue weighted by molar-refractivity contribution is 5.35. The molecule has 2 unspecified atom stereocenters. The second kappa shape index (κ2) is 6.92. The zero-order valence-electron chi connectivity index (χ0n) is 12.2. The summed E-state index contributed by atoms with van der Waals surface area (Å²) in [5.41, 5.74) is 1.15. The zero-order valence-corrected chi connectivity index (χ0v) is 12.2. The van der Waals surface area contributed by atoms with Crippen molar-refractivity contribution in [1.82, 2.24) is 5.32 Å². The van der Waals surface area contributed by atoms with E-state index in [1.54, 1.807) is 0 Å². The summed E-state index contributed by atoms with van der Waals surface area (Å²) in [7, 11) is 0. The molecule has 1 aliphatic rings. The molecular formula is C16H25NO2. The minimum Gasteiger partial charge on any atom is -0.493 e. The Bertz CT molecular complexity index is 384. The van der Waals surface area contributed by atoms with Crippen LogP contribution in [0.4, 0.5) is 0 Å². The monoisotopic (exact) mass is 263 g/mol. The summed E-state index contributed by atoms with van der Waals surface area (Å²) in [5, 5.41) is 3.59. The lowest BCUT2D eigenvalue weighted by Crippen LogP contribution is -2.43. The van der Waals surface area contributed by atoms with Crippen molar-refractivity contribution in [2.75, 3.05) is 19.8 Å². The van der Waals surface area contributed by atoms with Gasteiger partial charge in [-0.15, -0.1) is 0 Å². The average Bonchev–Trinajstić information content (AvgIpc) is 2.40. The third-order valence-electron chi connectivity index (χ3n) is 3.41. The lowest BCUT2D eigenvalue weighted by Gasteiger charge is -2.32. The van der Waals surface area contributed by atoms with Gasteiger partial charge >= 0.3 is 0 Å². The smallest absolute Gasteiger partial charge is 0.125 e. The van der Waals surface area contributed by atoms with E-state index in [1.165, 1.54) is 6.42 Å². The zero-order chi connectivity index (χ0) is 13.7. The maximum Gasteiger partial charge on any atom is 0.125 e. The Morgan fingerprint density at radius 2 is 2.16 bits per heavy atom. The topological polar surface area (TPSA) is 30.5 Å². The molecule has 1 N–H and O–H groups in total. The largest absolute Gasteiger partial charge is 0.493 e. The fourth-order valence-corrected chi connectivity index (χ4v) is 2.58. The Morgan fingerprint density at radius 3 is 2.79 bits per heavy atom. The number of hydrogen-bond acceptors (Lipinski definition) is 3. The third-order valence-corrected chi connectivity index (χ3v) is 3.41. The Morgan fingerprint density at radius 1 is 1.37 bits per heavy atom. The van der Waals surface area contributed by atoms with Crippen molar-refractivity contribution < 1.29 is 9.47 Å². The molecule has 0 amide bonds. The SMILES string of the molecule is CCOc1ccccc1C1CNC(CC(C)C)CO1. The van der Waals surface area contributed by atoms with Gasteiger partial charge in [-0.2, -0.15) is 0 Å². The van der Waals surface area contributed by atoms with Crippen LogP contribution in [-0.2, 0) is 4.74 Å². The minimum atomic E-state index is 0.103. The maximum absolute atomic E-state index is 6.02. The molecule has 2 rings (SSSR count). The summed E-state index contributed by atoms with van der Waals surface area (Å²) < 4.78 is 11.7. The molecular weight excluding hydrogens is 238 g/mol. The molecule has 0 bridgehead atoms. The quantitative estimate of drug-likeness (QED) is 0.885. The molecule has 1 heterocycles. The standard InChI is InChI=1S/C16H25NO2/c1-4-18-15-8-6-5-7-14(15)16-10-17-13(11-19-16)9-12(2)3/h5-8,12-13,16-17H,4,9-11H2,1-3H3. The van der Waals surface area contributed by atoms with Gasteiger partial charge in [0.25, 0.3) is 0 Å². The molecule has 19 heavy (non-hydrogen) atoms. The molecule has 3 nitrogen and oxygen atoms in total. The van der Waals surface area contributed by atoms with Gasteiger partial charge in [-0.05, 0) is 25.3 Å². The summed E-state index contributed by atoms with van der Waals surface area (Å²) in [6.07, 6.45) is 1.27. The molecule has 106 valence electrons. The molecule has 0 aliphatic carbocycles. The Kier molecular flexibility index (Phi) is 5.23. The molecule has 1 aromatic carbocycles. The van der Waals surface area contributed by atoms with Crippen molar-refractivity contribution in [3.63, 3.8) is 0 Å². The van der Waals surface area contributed by atoms with Crippen molar-refractivity contribution >= 4 is 0 Å². The van der Waals surface area contributed by atoms with Crippen molar-refractivity contribution in [1.29, 1.82) is 0 Å². The van der Waals surface area contributed by atoms with E-state index in [2.05, 4.69) is 25.2 Å². The Balaban J connectivity index is 1.97. The second-order valence-corrected chi connectivity index (χ2v) is 5.53. The number of rotatable bonds is 5. The summed E-state index contributed by atoms with van der Waals surface area (Å²) in [4.78, 5) is 0. The molecule has 1 fully saturated rings. The summed E-state index contributed by atoms with van der Waals surface area (Å²) in [5.74, 6) is 1.65. The van der Waals surface area contributed by atoms with E-state index in [0.29, 0.717) is 18.6 Å². The lowest BCUT2D eigenvalue weighted by atomic mass is 10.0. The molecule has 0 spiro atoms. The van der Waals surface area contributed by atoms with Gasteiger partial charge in [-0.25, -0.2) is 0 Å². The van der Waals surface area contributed by atoms with Gasteiger partial charge in [-0.3, -0.25) is 0 Å². The summed E-state index contributed by atoms with van der Waals surface area (Å²) in [6, 6.07) is 8.64. The van der Waals surface area contributed by atoms with Gasteiger partial charge in [0, 0.05) is 18.2 Å². The van der Waals surface area contributed by atoms with Crippen LogP contribution in [0.2, 0.25) is 0 Å². The maximum atomic E-state index is 6.02. The average molecular weight is 263 g/mol. The van der Waals surface area contributed by atoms with Gasteiger partial charge in [0.15, 0.2) is 0 Å². The minimum absolute atomic E-state index is 0.103. The van der Waals surface area contributed by atoms with Crippen molar-refractivity contribution in [2.45, 2.75) is 39.3 Å². The Hall–Kier alpha value is -1.06. The van der Waals surface area contributed by atoms with Crippen molar-refractivity contribution in [3.8, 4) is 5.75 Å². The van der Waals surface area contributed by atoms with Gasteiger partial charge < -0.3 is 14.8 Å². The highest BCUT2D eigenvalue weighted by Gasteiger charge is 2.24. The van der Waals surface area contributed by atoms with E-state index in [1.807, 2.05) is 25.1 Å². The van der Waals surface area contributed by atoms with E-state index in [-0.39, 0.29) is 6.10 Å². The van der Waals surface area contributed by atoms with E-state index < -0.39 is 0 Å². The van der Waals surface area contributed by atoms with Crippen LogP contribution in [0.3, 0.4) is 0 Å². The van der Waals surface area contributed by atoms with Crippen LogP contribution in [0.25, 0.3) is 0 Å². The number of hydrogen-bond donors (Lipinski definition) is 1. The van der Waals surface area contributed by atoms with E-state index >= 15 is 0 Å². The predicted molar refractivity (Wildman–Crippen MR) is 77.5 cm³/mol. The predicted octanol–water partition coefficient (Wildman–Crippen LogP) is 3.16. The van der Waals surface area contributed by atoms with Crippen LogP contribution in [0.5, 0.6) is 5.75 Å². The molecule has 1 saturated heterocycles. The van der Waals surface area contributed by atoms with Crippen molar-refractivity contribution in [3.05, 3.63) is 29.8 Å². The molecule has 2 atom stereocenters. The first-order valence-corrected chi connectivity index (χ1v) is 7.27. The van der Waals surface area contributed by atoms with E-state index in [4.69, 9.17) is 9.47 Å². The van der Waals surface area contributed by atoms with E-state index in [0.717, 1.165) is 24.5 Å². The fraction of sp³-hybridized carbons (Fsp3) is 0.625. The molecule has 1 aliphatic heterocycles. The van der Waals surface area contributed by atoms with Crippen LogP contribution < -0.4 is 10.1 Å². The molecule has 3 heteroatoms. The van der Waals surface area contributed by atoms with Crippen molar-refractivity contribution in [2.24, 2.45) is 5.92 Å². The molecule has 0 radical (unpaired) electrons. The first-order valence-electron chi connectivity index (χ1n) is 7.27. The molecule has 0 saturated carbocycles. The van der Waals surface area contributed by atoms with Gasteiger partial charge in [0.05, 0.1) is 19.3 Å². The van der Waals surface area contributed by atoms with Crippen LogP contribution in [0.1, 0.15) is 38.9 Å². The van der Waals surface area contributed by atoms with Crippen LogP contribution in [0.15, 0.2) is 24.3 Å².